The second-order valence-corrected chi connectivity index (χ2v) is 3.55. The zero-order chi connectivity index (χ0) is 9.26. The van der Waals surface area contributed by atoms with Gasteiger partial charge >= 0.3 is 0 Å². The lowest BCUT2D eigenvalue weighted by molar-refractivity contribution is 0.476. The summed E-state index contributed by atoms with van der Waals surface area (Å²) < 4.78 is 0.855. The minimum absolute atomic E-state index is 0.235. The Balaban J connectivity index is 2.53. The summed E-state index contributed by atoms with van der Waals surface area (Å²) in [5.41, 5.74) is 1.56. The van der Waals surface area contributed by atoms with Crippen LogP contribution < -0.4 is 0 Å². The second-order valence-electron chi connectivity index (χ2n) is 2.63. The van der Waals surface area contributed by atoms with Gasteiger partial charge in [-0.1, -0.05) is 15.9 Å². The van der Waals surface area contributed by atoms with Crippen molar-refractivity contribution in [2.24, 2.45) is 0 Å². The van der Waals surface area contributed by atoms with Gasteiger partial charge in [-0.05, 0) is 24.3 Å². The number of phenols is 1. The molecule has 0 fully saturated rings. The maximum atomic E-state index is 9.59. The van der Waals surface area contributed by atoms with Gasteiger partial charge in [-0.15, -0.1) is 0 Å². The third-order valence-electron chi connectivity index (χ3n) is 1.75. The van der Waals surface area contributed by atoms with Crippen molar-refractivity contribution >= 4 is 15.9 Å². The molecule has 1 aromatic carbocycles. The standard InChI is InChI=1S/C9H7BrN2O/c10-6-1-2-7(9(13)5-6)8-3-4-11-12-8/h1-5,13H,(H,11,12). The Bertz CT molecular complexity index is 412. The summed E-state index contributed by atoms with van der Waals surface area (Å²) >= 11 is 3.27. The van der Waals surface area contributed by atoms with E-state index in [-0.39, 0.29) is 5.75 Å². The molecule has 0 spiro atoms. The first-order chi connectivity index (χ1) is 6.27. The first-order valence-corrected chi connectivity index (χ1v) is 4.55. The van der Waals surface area contributed by atoms with Crippen molar-refractivity contribution < 1.29 is 5.11 Å². The third kappa shape index (κ3) is 1.58. The Morgan fingerprint density at radius 2 is 2.15 bits per heavy atom. The fourth-order valence-electron chi connectivity index (χ4n) is 1.14. The highest BCUT2D eigenvalue weighted by Crippen LogP contribution is 2.29. The summed E-state index contributed by atoms with van der Waals surface area (Å²) in [6, 6.07) is 7.15. The molecule has 0 atom stereocenters. The first-order valence-electron chi connectivity index (χ1n) is 3.75. The predicted octanol–water partition coefficient (Wildman–Crippen LogP) is 2.54. The molecule has 0 radical (unpaired) electrons. The lowest BCUT2D eigenvalue weighted by atomic mass is 10.1. The number of benzene rings is 1. The lowest BCUT2D eigenvalue weighted by Crippen LogP contribution is -1.79. The number of halogens is 1. The third-order valence-corrected chi connectivity index (χ3v) is 2.24. The molecular weight excluding hydrogens is 232 g/mol. The van der Waals surface area contributed by atoms with Crippen LogP contribution in [-0.2, 0) is 0 Å². The molecule has 2 aromatic rings. The molecule has 1 heterocycles. The van der Waals surface area contributed by atoms with Crippen LogP contribution in [-0.4, -0.2) is 15.3 Å². The summed E-state index contributed by atoms with van der Waals surface area (Å²) in [6.07, 6.45) is 1.65. The summed E-state index contributed by atoms with van der Waals surface area (Å²) in [6.45, 7) is 0. The summed E-state index contributed by atoms with van der Waals surface area (Å²) in [4.78, 5) is 0. The second kappa shape index (κ2) is 3.22. The molecule has 4 heteroatoms. The van der Waals surface area contributed by atoms with Crippen molar-refractivity contribution in [2.45, 2.75) is 0 Å². The van der Waals surface area contributed by atoms with Crippen LogP contribution in [0.4, 0.5) is 0 Å². The maximum Gasteiger partial charge on any atom is 0.126 e. The number of hydrogen-bond acceptors (Lipinski definition) is 2. The van der Waals surface area contributed by atoms with Gasteiger partial charge in [0.05, 0.1) is 5.69 Å². The lowest BCUT2D eigenvalue weighted by Gasteiger charge is -2.01. The number of phenolic OH excluding ortho intramolecular Hbond substituents is 1. The van der Waals surface area contributed by atoms with Crippen molar-refractivity contribution in [3.63, 3.8) is 0 Å². The van der Waals surface area contributed by atoms with E-state index < -0.39 is 0 Å². The summed E-state index contributed by atoms with van der Waals surface area (Å²) in [5, 5.41) is 16.2. The molecule has 0 saturated carbocycles. The van der Waals surface area contributed by atoms with Gasteiger partial charge in [0.15, 0.2) is 0 Å². The van der Waals surface area contributed by atoms with E-state index in [1.807, 2.05) is 18.2 Å². The predicted molar refractivity (Wildman–Crippen MR) is 53.4 cm³/mol. The first kappa shape index (κ1) is 8.31. The SMILES string of the molecule is Oc1cc(Br)ccc1-c1ccn[nH]1. The Morgan fingerprint density at radius 3 is 2.77 bits per heavy atom. The molecule has 0 aliphatic carbocycles. The van der Waals surface area contributed by atoms with Crippen LogP contribution in [0.3, 0.4) is 0 Å². The molecule has 66 valence electrons. The fraction of sp³-hybridized carbons (Fsp3) is 0. The van der Waals surface area contributed by atoms with Crippen molar-refractivity contribution in [3.05, 3.63) is 34.9 Å². The van der Waals surface area contributed by atoms with Gasteiger partial charge in [0.1, 0.15) is 5.75 Å². The number of aromatic hydroxyl groups is 1. The van der Waals surface area contributed by atoms with Gasteiger partial charge in [0.25, 0.3) is 0 Å². The molecule has 13 heavy (non-hydrogen) atoms. The number of aromatic amines is 1. The van der Waals surface area contributed by atoms with Gasteiger partial charge in [-0.3, -0.25) is 5.10 Å². The van der Waals surface area contributed by atoms with E-state index in [2.05, 4.69) is 26.1 Å². The molecule has 0 bridgehead atoms. The molecular formula is C9H7BrN2O. The number of H-pyrrole nitrogens is 1. The molecule has 2 N–H and O–H groups in total. The minimum Gasteiger partial charge on any atom is -0.507 e. The number of rotatable bonds is 1. The Kier molecular flexibility index (Phi) is 2.06. The average Bonchev–Trinajstić information content (AvgIpc) is 2.56. The van der Waals surface area contributed by atoms with Gasteiger partial charge in [0, 0.05) is 16.2 Å². The highest BCUT2D eigenvalue weighted by atomic mass is 79.9. The van der Waals surface area contributed by atoms with E-state index in [1.165, 1.54) is 0 Å². The smallest absolute Gasteiger partial charge is 0.126 e. The molecule has 0 aliphatic rings. The van der Waals surface area contributed by atoms with Crippen LogP contribution in [0.15, 0.2) is 34.9 Å². The average molecular weight is 239 g/mol. The van der Waals surface area contributed by atoms with E-state index in [9.17, 15) is 5.11 Å². The Morgan fingerprint density at radius 1 is 1.31 bits per heavy atom. The number of aromatic nitrogens is 2. The molecule has 0 unspecified atom stereocenters. The highest BCUT2D eigenvalue weighted by Gasteiger charge is 2.04. The van der Waals surface area contributed by atoms with E-state index in [0.29, 0.717) is 0 Å². The van der Waals surface area contributed by atoms with Gasteiger partial charge in [-0.25, -0.2) is 0 Å². The molecule has 0 aliphatic heterocycles. The normalized spacial score (nSPS) is 10.2. The van der Waals surface area contributed by atoms with Crippen molar-refractivity contribution in [2.75, 3.05) is 0 Å². The van der Waals surface area contributed by atoms with E-state index in [1.54, 1.807) is 12.3 Å². The minimum atomic E-state index is 0.235. The van der Waals surface area contributed by atoms with Crippen LogP contribution in [0.1, 0.15) is 0 Å². The van der Waals surface area contributed by atoms with E-state index in [4.69, 9.17) is 0 Å². The number of nitrogens with one attached hydrogen (secondary N) is 1. The van der Waals surface area contributed by atoms with Gasteiger partial charge in [-0.2, -0.15) is 5.10 Å². The molecule has 3 nitrogen and oxygen atoms in total. The van der Waals surface area contributed by atoms with Crippen LogP contribution >= 0.6 is 15.9 Å². The largest absolute Gasteiger partial charge is 0.507 e. The van der Waals surface area contributed by atoms with Crippen LogP contribution in [0.5, 0.6) is 5.75 Å². The van der Waals surface area contributed by atoms with Crippen molar-refractivity contribution in [1.82, 2.24) is 10.2 Å². The van der Waals surface area contributed by atoms with Gasteiger partial charge < -0.3 is 5.11 Å². The molecule has 1 aromatic heterocycles. The zero-order valence-corrected chi connectivity index (χ0v) is 8.25. The van der Waals surface area contributed by atoms with E-state index in [0.717, 1.165) is 15.7 Å². The van der Waals surface area contributed by atoms with Crippen molar-refractivity contribution in [1.29, 1.82) is 0 Å². The number of hydrogen-bond donors (Lipinski definition) is 2. The molecule has 0 amide bonds. The Hall–Kier alpha value is -1.29. The van der Waals surface area contributed by atoms with Crippen LogP contribution in [0.2, 0.25) is 0 Å². The Labute approximate surface area is 83.5 Å². The number of nitrogens with zero attached hydrogens (tertiary/aromatic N) is 1. The monoisotopic (exact) mass is 238 g/mol. The van der Waals surface area contributed by atoms with Crippen LogP contribution in [0, 0.1) is 0 Å². The topological polar surface area (TPSA) is 48.9 Å². The summed E-state index contributed by atoms with van der Waals surface area (Å²) in [7, 11) is 0. The molecule has 2 rings (SSSR count). The highest BCUT2D eigenvalue weighted by molar-refractivity contribution is 9.10. The summed E-state index contributed by atoms with van der Waals surface area (Å²) in [5.74, 6) is 0.235. The van der Waals surface area contributed by atoms with E-state index >= 15 is 0 Å². The van der Waals surface area contributed by atoms with Crippen molar-refractivity contribution in [3.8, 4) is 17.0 Å². The van der Waals surface area contributed by atoms with Crippen LogP contribution in [0.25, 0.3) is 11.3 Å². The molecule has 0 saturated heterocycles. The van der Waals surface area contributed by atoms with Gasteiger partial charge in [0.2, 0.25) is 0 Å². The maximum absolute atomic E-state index is 9.59. The zero-order valence-electron chi connectivity index (χ0n) is 6.66. The quantitative estimate of drug-likeness (QED) is 0.803. The fourth-order valence-corrected chi connectivity index (χ4v) is 1.49.